The first-order valence-electron chi connectivity index (χ1n) is 16.4. The van der Waals surface area contributed by atoms with Crippen molar-refractivity contribution in [3.05, 3.63) is 176 Å². The lowest BCUT2D eigenvalue weighted by Gasteiger charge is -2.11. The molecular formula is C44H31N5O. The Balaban J connectivity index is 1.22. The fourth-order valence-corrected chi connectivity index (χ4v) is 5.96. The molecule has 0 saturated heterocycles. The summed E-state index contributed by atoms with van der Waals surface area (Å²) in [6.45, 7) is 6.45. The van der Waals surface area contributed by atoms with Crippen LogP contribution in [-0.4, -0.2) is 24.9 Å². The predicted octanol–water partition coefficient (Wildman–Crippen LogP) is 10.9. The van der Waals surface area contributed by atoms with Crippen molar-refractivity contribution in [2.75, 3.05) is 0 Å². The van der Waals surface area contributed by atoms with E-state index in [2.05, 4.69) is 24.8 Å². The second-order valence-electron chi connectivity index (χ2n) is 11.8. The van der Waals surface area contributed by atoms with Gasteiger partial charge in [0.25, 0.3) is 0 Å². The lowest BCUT2D eigenvalue weighted by atomic mass is 9.99. The van der Waals surface area contributed by atoms with Crippen LogP contribution in [0, 0.1) is 0 Å². The zero-order valence-electron chi connectivity index (χ0n) is 27.4. The molecule has 50 heavy (non-hydrogen) atoms. The molecule has 0 spiro atoms. The van der Waals surface area contributed by atoms with Crippen molar-refractivity contribution in [3.8, 4) is 45.4 Å². The van der Waals surface area contributed by atoms with Gasteiger partial charge in [-0.1, -0.05) is 140 Å². The molecule has 6 heteroatoms. The monoisotopic (exact) mass is 645 g/mol. The quantitative estimate of drug-likeness (QED) is 0.153. The van der Waals surface area contributed by atoms with Crippen LogP contribution in [0.5, 0.6) is 0 Å². The Morgan fingerprint density at radius 3 is 1.78 bits per heavy atom. The van der Waals surface area contributed by atoms with E-state index < -0.39 is 0 Å². The van der Waals surface area contributed by atoms with E-state index in [4.69, 9.17) is 29.3 Å². The Morgan fingerprint density at radius 1 is 0.580 bits per heavy atom. The topological polar surface area (TPSA) is 77.6 Å². The zero-order valence-corrected chi connectivity index (χ0v) is 27.4. The first-order chi connectivity index (χ1) is 24.6. The minimum absolute atomic E-state index is 0.526. The number of furan rings is 1. The molecule has 0 radical (unpaired) electrons. The number of fused-ring (bicyclic) bond motifs is 3. The minimum atomic E-state index is 0.526. The molecule has 0 amide bonds. The van der Waals surface area contributed by atoms with Crippen LogP contribution >= 0.6 is 0 Å². The Hall–Kier alpha value is -6.79. The van der Waals surface area contributed by atoms with Gasteiger partial charge in [-0.15, -0.1) is 0 Å². The summed E-state index contributed by atoms with van der Waals surface area (Å²) in [4.78, 5) is 24.7. The molecule has 0 aliphatic heterocycles. The second-order valence-corrected chi connectivity index (χ2v) is 11.8. The van der Waals surface area contributed by atoms with Gasteiger partial charge in [-0.3, -0.25) is 0 Å². The summed E-state index contributed by atoms with van der Waals surface area (Å²) in [7, 11) is 0. The van der Waals surface area contributed by atoms with Gasteiger partial charge in [-0.25, -0.2) is 24.9 Å². The van der Waals surface area contributed by atoms with Gasteiger partial charge in [0.05, 0.1) is 0 Å². The predicted molar refractivity (Wildman–Crippen MR) is 203 cm³/mol. The third-order valence-electron chi connectivity index (χ3n) is 8.38. The number of aromatic nitrogens is 5. The maximum absolute atomic E-state index is 6.29. The SMILES string of the molecule is C=C(C=C(C=CC)c1cccc(-c2nc(-c3ccccc3)nc(-c3ccccc3)n2)c1)c1nc(-c2ccccc2)c2oc3ccccc3c2n1. The molecule has 3 heterocycles. The first kappa shape index (κ1) is 30.5. The fourth-order valence-electron chi connectivity index (χ4n) is 5.96. The summed E-state index contributed by atoms with van der Waals surface area (Å²) in [5.74, 6) is 2.35. The molecular weight excluding hydrogens is 615 g/mol. The van der Waals surface area contributed by atoms with Crippen LogP contribution in [0.3, 0.4) is 0 Å². The molecule has 0 aliphatic carbocycles. The van der Waals surface area contributed by atoms with Gasteiger partial charge >= 0.3 is 0 Å². The van der Waals surface area contributed by atoms with Gasteiger partial charge in [0.1, 0.15) is 16.8 Å². The summed E-state index contributed by atoms with van der Waals surface area (Å²) in [5.41, 5.74) is 9.16. The highest BCUT2D eigenvalue weighted by Gasteiger charge is 2.18. The van der Waals surface area contributed by atoms with Gasteiger partial charge < -0.3 is 4.42 Å². The lowest BCUT2D eigenvalue weighted by molar-refractivity contribution is 0.667. The number of nitrogens with zero attached hydrogens (tertiary/aromatic N) is 5. The standard InChI is InChI=1S/C44H31N5O/c1-3-16-33(27-29(2)41-45-38(30-17-7-4-8-18-30)40-39(46-41)36-25-13-14-26-37(36)50-40)34-23-15-24-35(28-34)44-48-42(31-19-9-5-10-20-31)47-43(49-44)32-21-11-6-12-22-32/h3-28H,2H2,1H3. The summed E-state index contributed by atoms with van der Waals surface area (Å²) >= 11 is 0. The highest BCUT2D eigenvalue weighted by Crippen LogP contribution is 2.35. The van der Waals surface area contributed by atoms with Gasteiger partial charge in [0, 0.05) is 33.2 Å². The molecule has 0 bridgehead atoms. The van der Waals surface area contributed by atoms with E-state index in [1.54, 1.807) is 0 Å². The van der Waals surface area contributed by atoms with Gasteiger partial charge in [0.2, 0.25) is 0 Å². The Morgan fingerprint density at radius 2 is 1.14 bits per heavy atom. The largest absolute Gasteiger partial charge is 0.452 e. The van der Waals surface area contributed by atoms with E-state index in [9.17, 15) is 0 Å². The van der Waals surface area contributed by atoms with Crippen molar-refractivity contribution >= 4 is 33.2 Å². The van der Waals surface area contributed by atoms with Crippen molar-refractivity contribution < 1.29 is 4.42 Å². The van der Waals surface area contributed by atoms with Gasteiger partial charge in [0.15, 0.2) is 28.9 Å². The number of benzene rings is 5. The van der Waals surface area contributed by atoms with Crippen LogP contribution in [0.25, 0.3) is 78.6 Å². The molecule has 0 saturated carbocycles. The van der Waals surface area contributed by atoms with E-state index in [-0.39, 0.29) is 0 Å². The number of allylic oxidation sites excluding steroid dienone is 5. The average Bonchev–Trinajstić information content (AvgIpc) is 3.57. The van der Waals surface area contributed by atoms with Gasteiger partial charge in [-0.05, 0) is 42.3 Å². The maximum Gasteiger partial charge on any atom is 0.180 e. The number of para-hydroxylation sites is 1. The lowest BCUT2D eigenvalue weighted by Crippen LogP contribution is -2.00. The molecule has 0 fully saturated rings. The van der Waals surface area contributed by atoms with Crippen molar-refractivity contribution in [1.82, 2.24) is 24.9 Å². The van der Waals surface area contributed by atoms with Crippen LogP contribution in [0.4, 0.5) is 0 Å². The molecule has 238 valence electrons. The van der Waals surface area contributed by atoms with Crippen molar-refractivity contribution in [2.24, 2.45) is 0 Å². The molecule has 6 nitrogen and oxygen atoms in total. The molecule has 0 unspecified atom stereocenters. The third-order valence-corrected chi connectivity index (χ3v) is 8.38. The van der Waals surface area contributed by atoms with E-state index >= 15 is 0 Å². The van der Waals surface area contributed by atoms with Crippen molar-refractivity contribution in [2.45, 2.75) is 6.92 Å². The summed E-state index contributed by atoms with van der Waals surface area (Å²) < 4.78 is 6.29. The number of rotatable bonds is 8. The molecule has 0 N–H and O–H groups in total. The molecule has 8 aromatic rings. The minimum Gasteiger partial charge on any atom is -0.452 e. The van der Waals surface area contributed by atoms with Crippen LogP contribution in [0.1, 0.15) is 18.3 Å². The summed E-state index contributed by atoms with van der Waals surface area (Å²) in [6.07, 6.45) is 6.10. The maximum atomic E-state index is 6.29. The van der Waals surface area contributed by atoms with E-state index in [1.807, 2.05) is 146 Å². The molecule has 5 aromatic carbocycles. The van der Waals surface area contributed by atoms with Crippen molar-refractivity contribution in [1.29, 1.82) is 0 Å². The van der Waals surface area contributed by atoms with Crippen LogP contribution in [0.2, 0.25) is 0 Å². The highest BCUT2D eigenvalue weighted by molar-refractivity contribution is 6.07. The van der Waals surface area contributed by atoms with E-state index in [0.717, 1.165) is 55.6 Å². The van der Waals surface area contributed by atoms with Gasteiger partial charge in [-0.2, -0.15) is 0 Å². The second kappa shape index (κ2) is 13.4. The molecule has 3 aromatic heterocycles. The highest BCUT2D eigenvalue weighted by atomic mass is 16.3. The van der Waals surface area contributed by atoms with Crippen LogP contribution in [-0.2, 0) is 0 Å². The third kappa shape index (κ3) is 6.02. The fraction of sp³-hybridized carbons (Fsp3) is 0.0227. The summed E-state index contributed by atoms with van der Waals surface area (Å²) in [5, 5.41) is 0.934. The Labute approximate surface area is 289 Å². The molecule has 0 aliphatic rings. The van der Waals surface area contributed by atoms with E-state index in [0.29, 0.717) is 34.5 Å². The Kier molecular flexibility index (Phi) is 8.17. The average molecular weight is 646 g/mol. The van der Waals surface area contributed by atoms with Crippen LogP contribution < -0.4 is 0 Å². The number of hydrogen-bond donors (Lipinski definition) is 0. The van der Waals surface area contributed by atoms with E-state index in [1.165, 1.54) is 0 Å². The smallest absolute Gasteiger partial charge is 0.180 e. The molecule has 0 atom stereocenters. The number of hydrogen-bond acceptors (Lipinski definition) is 6. The molecule has 8 rings (SSSR count). The summed E-state index contributed by atoms with van der Waals surface area (Å²) in [6, 6.07) is 46.2. The zero-order chi connectivity index (χ0) is 33.9. The Bertz CT molecular complexity index is 2500. The van der Waals surface area contributed by atoms with Crippen LogP contribution in [0.15, 0.2) is 169 Å². The normalized spacial score (nSPS) is 11.8. The van der Waals surface area contributed by atoms with Crippen molar-refractivity contribution in [3.63, 3.8) is 0 Å². The first-order valence-corrected chi connectivity index (χ1v) is 16.4.